The zero-order valence-electron chi connectivity index (χ0n) is 15.2. The standard InChI is InChI=1S/C16H10N6OS.C2HF3O2/c17-9-1-2-10-12(6-9)20-21-14(10)16-19-15(22-23-16)8-5-13-11(18-7-8)3-4-24-13;3-2(4,5)1(6)7/h1-7H,17H2,(H,20,21);(H,6,7). The molecular formula is C18H11F3N6O3S. The van der Waals surface area contributed by atoms with Crippen LogP contribution in [-0.4, -0.2) is 42.6 Å². The summed E-state index contributed by atoms with van der Waals surface area (Å²) in [6, 6.07) is 9.50. The van der Waals surface area contributed by atoms with Crippen molar-refractivity contribution < 1.29 is 27.6 Å². The van der Waals surface area contributed by atoms with E-state index in [1.165, 1.54) is 0 Å². The Morgan fingerprint density at radius 1 is 1.23 bits per heavy atom. The third kappa shape index (κ3) is 4.16. The molecule has 13 heteroatoms. The van der Waals surface area contributed by atoms with Crippen LogP contribution in [0.4, 0.5) is 18.9 Å². The molecule has 4 heterocycles. The van der Waals surface area contributed by atoms with E-state index in [1.54, 1.807) is 17.5 Å². The lowest BCUT2D eigenvalue weighted by Crippen LogP contribution is -2.21. The Bertz CT molecular complexity index is 1390. The van der Waals surface area contributed by atoms with Gasteiger partial charge in [-0.25, -0.2) is 4.79 Å². The van der Waals surface area contributed by atoms with E-state index in [0.29, 0.717) is 23.1 Å². The van der Waals surface area contributed by atoms with Gasteiger partial charge in [0, 0.05) is 22.8 Å². The molecule has 0 bridgehead atoms. The van der Waals surface area contributed by atoms with Crippen molar-refractivity contribution in [3.05, 3.63) is 41.9 Å². The van der Waals surface area contributed by atoms with E-state index in [4.69, 9.17) is 20.2 Å². The van der Waals surface area contributed by atoms with Crippen LogP contribution in [-0.2, 0) is 4.79 Å². The van der Waals surface area contributed by atoms with Gasteiger partial charge in [-0.2, -0.15) is 23.3 Å². The van der Waals surface area contributed by atoms with E-state index in [2.05, 4.69) is 25.3 Å². The molecule has 0 aliphatic heterocycles. The molecule has 5 aromatic rings. The number of nitrogens with one attached hydrogen (secondary N) is 1. The number of carboxylic acid groups (broad SMARTS) is 1. The summed E-state index contributed by atoms with van der Waals surface area (Å²) in [5.41, 5.74) is 9.65. The average molecular weight is 448 g/mol. The van der Waals surface area contributed by atoms with E-state index >= 15 is 0 Å². The largest absolute Gasteiger partial charge is 0.490 e. The number of anilines is 1. The van der Waals surface area contributed by atoms with Crippen molar-refractivity contribution in [2.45, 2.75) is 6.18 Å². The summed E-state index contributed by atoms with van der Waals surface area (Å²) >= 11 is 1.63. The number of pyridine rings is 1. The molecule has 0 aliphatic rings. The number of fused-ring (bicyclic) bond motifs is 2. The fourth-order valence-electron chi connectivity index (χ4n) is 2.61. The van der Waals surface area contributed by atoms with E-state index in [-0.39, 0.29) is 0 Å². The number of alkyl halides is 3. The number of aromatic amines is 1. The van der Waals surface area contributed by atoms with Crippen molar-refractivity contribution in [3.63, 3.8) is 0 Å². The van der Waals surface area contributed by atoms with E-state index in [1.807, 2.05) is 35.7 Å². The molecule has 0 fully saturated rings. The second-order valence-corrected chi connectivity index (χ2v) is 7.08. The minimum absolute atomic E-state index is 0.354. The molecule has 0 atom stereocenters. The number of aromatic nitrogens is 5. The molecular weight excluding hydrogens is 437 g/mol. The monoisotopic (exact) mass is 448 g/mol. The molecule has 0 radical (unpaired) electrons. The molecule has 0 saturated carbocycles. The first-order chi connectivity index (χ1) is 14.7. The van der Waals surface area contributed by atoms with Crippen molar-refractivity contribution in [2.75, 3.05) is 5.73 Å². The maximum Gasteiger partial charge on any atom is 0.490 e. The summed E-state index contributed by atoms with van der Waals surface area (Å²) in [4.78, 5) is 17.8. The van der Waals surface area contributed by atoms with Gasteiger partial charge in [-0.05, 0) is 35.7 Å². The molecule has 0 amide bonds. The smallest absolute Gasteiger partial charge is 0.475 e. The van der Waals surface area contributed by atoms with Gasteiger partial charge in [-0.15, -0.1) is 11.3 Å². The number of carboxylic acids is 1. The van der Waals surface area contributed by atoms with Gasteiger partial charge in [0.05, 0.1) is 15.7 Å². The van der Waals surface area contributed by atoms with Crippen molar-refractivity contribution in [3.8, 4) is 23.0 Å². The van der Waals surface area contributed by atoms with Gasteiger partial charge in [0.25, 0.3) is 5.89 Å². The Hall–Kier alpha value is -4.00. The van der Waals surface area contributed by atoms with Crippen LogP contribution in [0.5, 0.6) is 0 Å². The van der Waals surface area contributed by atoms with E-state index < -0.39 is 12.1 Å². The molecule has 4 aromatic heterocycles. The molecule has 158 valence electrons. The highest BCUT2D eigenvalue weighted by atomic mass is 32.1. The molecule has 4 N–H and O–H groups in total. The number of benzene rings is 1. The van der Waals surface area contributed by atoms with Gasteiger partial charge < -0.3 is 15.4 Å². The Morgan fingerprint density at radius 3 is 2.74 bits per heavy atom. The van der Waals surface area contributed by atoms with Gasteiger partial charge in [0.2, 0.25) is 5.82 Å². The van der Waals surface area contributed by atoms with Gasteiger partial charge in [-0.3, -0.25) is 10.1 Å². The molecule has 0 aliphatic carbocycles. The number of carbonyl (C=O) groups is 1. The summed E-state index contributed by atoms with van der Waals surface area (Å²) in [6.07, 6.45) is -3.34. The maximum absolute atomic E-state index is 10.6. The molecule has 0 unspecified atom stereocenters. The van der Waals surface area contributed by atoms with Gasteiger partial charge in [0.1, 0.15) is 0 Å². The Balaban J connectivity index is 0.000000289. The summed E-state index contributed by atoms with van der Waals surface area (Å²) < 4.78 is 38.2. The first-order valence-electron chi connectivity index (χ1n) is 8.44. The molecule has 0 saturated heterocycles. The Labute approximate surface area is 174 Å². The SMILES string of the molecule is Nc1ccc2c(-c3nc(-c4cnc5ccsc5c4)no3)n[nH]c2c1.O=C(O)C(F)(F)F. The second-order valence-electron chi connectivity index (χ2n) is 6.13. The van der Waals surface area contributed by atoms with Gasteiger partial charge in [-0.1, -0.05) is 5.16 Å². The van der Waals surface area contributed by atoms with Crippen LogP contribution in [0.3, 0.4) is 0 Å². The molecule has 31 heavy (non-hydrogen) atoms. The number of aliphatic carboxylic acids is 1. The number of thiophene rings is 1. The number of hydrogen-bond acceptors (Lipinski definition) is 8. The summed E-state index contributed by atoms with van der Waals surface area (Å²) in [7, 11) is 0. The molecule has 0 spiro atoms. The number of rotatable bonds is 2. The highest BCUT2D eigenvalue weighted by molar-refractivity contribution is 7.17. The zero-order valence-corrected chi connectivity index (χ0v) is 16.0. The van der Waals surface area contributed by atoms with Crippen molar-refractivity contribution in [2.24, 2.45) is 0 Å². The predicted octanol–water partition coefficient (Wildman–Crippen LogP) is 4.11. The maximum atomic E-state index is 10.6. The summed E-state index contributed by atoms with van der Waals surface area (Å²) in [5, 5.41) is 21.3. The van der Waals surface area contributed by atoms with Crippen LogP contribution in [0.1, 0.15) is 0 Å². The van der Waals surface area contributed by atoms with E-state index in [9.17, 15) is 13.2 Å². The van der Waals surface area contributed by atoms with Crippen LogP contribution in [0.2, 0.25) is 0 Å². The number of nitrogen functional groups attached to an aromatic ring is 1. The number of hydrogen-bond donors (Lipinski definition) is 3. The minimum atomic E-state index is -5.08. The Kier molecular flexibility index (Phi) is 5.02. The molecule has 5 rings (SSSR count). The molecule has 9 nitrogen and oxygen atoms in total. The first kappa shape index (κ1) is 20.3. The fourth-order valence-corrected chi connectivity index (χ4v) is 3.39. The normalized spacial score (nSPS) is 11.5. The number of nitrogens with two attached hydrogens (primary N) is 1. The number of nitrogens with zero attached hydrogens (tertiary/aromatic N) is 4. The van der Waals surface area contributed by atoms with Crippen molar-refractivity contribution in [1.82, 2.24) is 25.3 Å². The Morgan fingerprint density at radius 2 is 2.00 bits per heavy atom. The highest BCUT2D eigenvalue weighted by Crippen LogP contribution is 2.29. The lowest BCUT2D eigenvalue weighted by Gasteiger charge is -1.94. The van der Waals surface area contributed by atoms with Crippen LogP contribution in [0.15, 0.2) is 46.4 Å². The minimum Gasteiger partial charge on any atom is -0.475 e. The van der Waals surface area contributed by atoms with Gasteiger partial charge in [0.15, 0.2) is 5.69 Å². The fraction of sp³-hybridized carbons (Fsp3) is 0.0556. The zero-order chi connectivity index (χ0) is 22.2. The van der Waals surface area contributed by atoms with Gasteiger partial charge >= 0.3 is 12.1 Å². The lowest BCUT2D eigenvalue weighted by molar-refractivity contribution is -0.192. The molecule has 1 aromatic carbocycles. The summed E-state index contributed by atoms with van der Waals surface area (Å²) in [6.45, 7) is 0. The lowest BCUT2D eigenvalue weighted by atomic mass is 10.2. The predicted molar refractivity (Wildman–Crippen MR) is 106 cm³/mol. The average Bonchev–Trinajstić information content (AvgIpc) is 3.45. The second kappa shape index (κ2) is 7.68. The van der Waals surface area contributed by atoms with Crippen LogP contribution in [0, 0.1) is 0 Å². The van der Waals surface area contributed by atoms with Crippen LogP contribution in [0.25, 0.3) is 44.1 Å². The first-order valence-corrected chi connectivity index (χ1v) is 9.32. The van der Waals surface area contributed by atoms with Crippen molar-refractivity contribution >= 4 is 44.1 Å². The topological polar surface area (TPSA) is 144 Å². The van der Waals surface area contributed by atoms with Crippen molar-refractivity contribution in [1.29, 1.82) is 0 Å². The highest BCUT2D eigenvalue weighted by Gasteiger charge is 2.38. The number of H-pyrrole nitrogens is 1. The third-order valence-corrected chi connectivity index (χ3v) is 4.87. The third-order valence-electron chi connectivity index (χ3n) is 4.02. The quantitative estimate of drug-likeness (QED) is 0.342. The number of halogens is 3. The summed E-state index contributed by atoms with van der Waals surface area (Å²) in [5.74, 6) is -1.92. The van der Waals surface area contributed by atoms with E-state index in [0.717, 1.165) is 26.7 Å². The van der Waals surface area contributed by atoms with Crippen LogP contribution < -0.4 is 5.73 Å². The van der Waals surface area contributed by atoms with Crippen LogP contribution >= 0.6 is 11.3 Å².